The van der Waals surface area contributed by atoms with Gasteiger partial charge in [-0.05, 0) is 35.9 Å². The van der Waals surface area contributed by atoms with E-state index in [2.05, 4.69) is 4.98 Å². The van der Waals surface area contributed by atoms with Crippen molar-refractivity contribution in [2.75, 3.05) is 10.7 Å². The van der Waals surface area contributed by atoms with Crippen molar-refractivity contribution in [3.05, 3.63) is 89.0 Å². The number of halogens is 3. The Bertz CT molecular complexity index is 1180. The summed E-state index contributed by atoms with van der Waals surface area (Å²) in [6, 6.07) is 18.7. The number of carbonyl (C=O) groups excluding carboxylic acids is 1. The SMILES string of the molecule is O=C(CSc1ccc(Cl)cc1)N(Cc1ccccc1)c1nc2c(F)cc(F)cc2s1. The van der Waals surface area contributed by atoms with Gasteiger partial charge in [0.2, 0.25) is 5.91 Å². The summed E-state index contributed by atoms with van der Waals surface area (Å²) < 4.78 is 28.1. The molecule has 1 aromatic heterocycles. The van der Waals surface area contributed by atoms with Crippen molar-refractivity contribution in [1.82, 2.24) is 4.98 Å². The van der Waals surface area contributed by atoms with Gasteiger partial charge < -0.3 is 0 Å². The second-order valence-electron chi connectivity index (χ2n) is 6.44. The summed E-state index contributed by atoms with van der Waals surface area (Å²) in [7, 11) is 0. The average Bonchev–Trinajstić information content (AvgIpc) is 3.16. The van der Waals surface area contributed by atoms with Crippen LogP contribution in [0.2, 0.25) is 5.02 Å². The van der Waals surface area contributed by atoms with Crippen LogP contribution in [0.1, 0.15) is 5.56 Å². The van der Waals surface area contributed by atoms with E-state index in [1.54, 1.807) is 12.1 Å². The highest BCUT2D eigenvalue weighted by molar-refractivity contribution is 8.00. The van der Waals surface area contributed by atoms with E-state index in [1.807, 2.05) is 42.5 Å². The number of anilines is 1. The fourth-order valence-electron chi connectivity index (χ4n) is 2.84. The summed E-state index contributed by atoms with van der Waals surface area (Å²) in [4.78, 5) is 19.8. The lowest BCUT2D eigenvalue weighted by molar-refractivity contribution is -0.116. The maximum absolute atomic E-state index is 14.1. The van der Waals surface area contributed by atoms with Crippen molar-refractivity contribution < 1.29 is 13.6 Å². The molecule has 0 saturated carbocycles. The maximum atomic E-state index is 14.1. The van der Waals surface area contributed by atoms with E-state index in [1.165, 1.54) is 22.7 Å². The number of amides is 1. The van der Waals surface area contributed by atoms with Gasteiger partial charge in [-0.15, -0.1) is 11.8 Å². The normalized spacial score (nSPS) is 11.0. The molecule has 0 unspecified atom stereocenters. The monoisotopic (exact) mass is 460 g/mol. The topological polar surface area (TPSA) is 33.2 Å². The van der Waals surface area contributed by atoms with Crippen molar-refractivity contribution in [1.29, 1.82) is 0 Å². The molecule has 8 heteroatoms. The summed E-state index contributed by atoms with van der Waals surface area (Å²) in [6.07, 6.45) is 0. The second kappa shape index (κ2) is 9.12. The summed E-state index contributed by atoms with van der Waals surface area (Å²) in [5.41, 5.74) is 0.973. The van der Waals surface area contributed by atoms with Crippen LogP contribution >= 0.6 is 34.7 Å². The first kappa shape index (κ1) is 20.8. The summed E-state index contributed by atoms with van der Waals surface area (Å²) in [5.74, 6) is -1.43. The third-order valence-corrected chi connectivity index (χ3v) is 6.57. The largest absolute Gasteiger partial charge is 0.283 e. The average molecular weight is 461 g/mol. The summed E-state index contributed by atoms with van der Waals surface area (Å²) in [5, 5.41) is 0.958. The zero-order chi connectivity index (χ0) is 21.1. The lowest BCUT2D eigenvalue weighted by atomic mass is 10.2. The Morgan fingerprint density at radius 2 is 1.80 bits per heavy atom. The van der Waals surface area contributed by atoms with Crippen molar-refractivity contribution in [2.45, 2.75) is 11.4 Å². The molecule has 30 heavy (non-hydrogen) atoms. The zero-order valence-electron chi connectivity index (χ0n) is 15.5. The molecule has 0 fully saturated rings. The Hall–Kier alpha value is -2.48. The van der Waals surface area contributed by atoms with Crippen LogP contribution in [0.15, 0.2) is 71.6 Å². The predicted molar refractivity (Wildman–Crippen MR) is 119 cm³/mol. The molecule has 0 radical (unpaired) electrons. The molecule has 0 aliphatic rings. The summed E-state index contributed by atoms with van der Waals surface area (Å²) in [6.45, 7) is 0.283. The summed E-state index contributed by atoms with van der Waals surface area (Å²) >= 11 is 8.38. The van der Waals surface area contributed by atoms with Crippen LogP contribution in [0, 0.1) is 11.6 Å². The lowest BCUT2D eigenvalue weighted by Crippen LogP contribution is -2.31. The minimum absolute atomic E-state index is 0.0626. The van der Waals surface area contributed by atoms with E-state index < -0.39 is 11.6 Å². The van der Waals surface area contributed by atoms with Gasteiger partial charge in [-0.3, -0.25) is 9.69 Å². The van der Waals surface area contributed by atoms with Gasteiger partial charge in [-0.1, -0.05) is 53.3 Å². The molecule has 0 spiro atoms. The minimum Gasteiger partial charge on any atom is -0.283 e. The molecule has 0 bridgehead atoms. The van der Waals surface area contributed by atoms with Crippen molar-refractivity contribution in [3.8, 4) is 0 Å². The Labute approximate surface area is 185 Å². The highest BCUT2D eigenvalue weighted by Crippen LogP contribution is 2.33. The second-order valence-corrected chi connectivity index (χ2v) is 8.93. The van der Waals surface area contributed by atoms with Crippen LogP contribution in [0.25, 0.3) is 10.2 Å². The van der Waals surface area contributed by atoms with E-state index in [-0.39, 0.29) is 23.7 Å². The first-order valence-corrected chi connectivity index (χ1v) is 11.2. The molecular formula is C22H15ClF2N2OS2. The fraction of sp³-hybridized carbons (Fsp3) is 0.0909. The van der Waals surface area contributed by atoms with Gasteiger partial charge in [0, 0.05) is 16.0 Å². The Morgan fingerprint density at radius 3 is 2.53 bits per heavy atom. The number of hydrogen-bond acceptors (Lipinski definition) is 4. The Balaban J connectivity index is 1.63. The van der Waals surface area contributed by atoms with Gasteiger partial charge in [0.05, 0.1) is 17.0 Å². The van der Waals surface area contributed by atoms with Gasteiger partial charge in [0.1, 0.15) is 11.3 Å². The Kier molecular flexibility index (Phi) is 6.32. The van der Waals surface area contributed by atoms with Crippen LogP contribution in [0.4, 0.5) is 13.9 Å². The number of carbonyl (C=O) groups is 1. The number of nitrogens with zero attached hydrogens (tertiary/aromatic N) is 2. The minimum atomic E-state index is -0.741. The number of rotatable bonds is 6. The highest BCUT2D eigenvalue weighted by atomic mass is 35.5. The van der Waals surface area contributed by atoms with Crippen LogP contribution in [0.3, 0.4) is 0 Å². The first-order chi connectivity index (χ1) is 14.5. The molecule has 4 rings (SSSR count). The zero-order valence-corrected chi connectivity index (χ0v) is 17.9. The molecule has 0 atom stereocenters. The number of aromatic nitrogens is 1. The maximum Gasteiger partial charge on any atom is 0.239 e. The molecule has 1 amide bonds. The molecule has 1 heterocycles. The molecule has 0 N–H and O–H groups in total. The predicted octanol–water partition coefficient (Wildman–Crippen LogP) is 6.55. The molecular weight excluding hydrogens is 446 g/mol. The standard InChI is InChI=1S/C22H15ClF2N2OS2/c23-15-6-8-17(9-7-15)29-13-20(28)27(12-14-4-2-1-3-5-14)22-26-21-18(25)10-16(24)11-19(21)30-22/h1-11H,12-13H2. The number of hydrogen-bond donors (Lipinski definition) is 0. The quantitative estimate of drug-likeness (QED) is 0.306. The molecule has 3 aromatic carbocycles. The first-order valence-electron chi connectivity index (χ1n) is 8.98. The van der Waals surface area contributed by atoms with E-state index in [0.717, 1.165) is 27.9 Å². The highest BCUT2D eigenvalue weighted by Gasteiger charge is 2.22. The third-order valence-electron chi connectivity index (χ3n) is 4.29. The molecule has 152 valence electrons. The molecule has 3 nitrogen and oxygen atoms in total. The molecule has 0 aliphatic heterocycles. The van der Waals surface area contributed by atoms with E-state index in [4.69, 9.17) is 11.6 Å². The van der Waals surface area contributed by atoms with Gasteiger partial charge >= 0.3 is 0 Å². The smallest absolute Gasteiger partial charge is 0.239 e. The number of thiazole rings is 1. The lowest BCUT2D eigenvalue weighted by Gasteiger charge is -2.20. The van der Waals surface area contributed by atoms with E-state index in [0.29, 0.717) is 14.9 Å². The van der Waals surface area contributed by atoms with E-state index >= 15 is 0 Å². The van der Waals surface area contributed by atoms with Crippen LogP contribution < -0.4 is 4.90 Å². The van der Waals surface area contributed by atoms with Gasteiger partial charge in [-0.25, -0.2) is 13.8 Å². The fourth-order valence-corrected chi connectivity index (χ4v) is 4.77. The number of thioether (sulfide) groups is 1. The van der Waals surface area contributed by atoms with Crippen LogP contribution in [0.5, 0.6) is 0 Å². The van der Waals surface area contributed by atoms with Crippen molar-refractivity contribution >= 4 is 56.0 Å². The van der Waals surface area contributed by atoms with Crippen molar-refractivity contribution in [3.63, 3.8) is 0 Å². The number of benzene rings is 3. The van der Waals surface area contributed by atoms with E-state index in [9.17, 15) is 13.6 Å². The molecule has 0 saturated heterocycles. The number of fused-ring (bicyclic) bond motifs is 1. The molecule has 4 aromatic rings. The van der Waals surface area contributed by atoms with Crippen molar-refractivity contribution in [2.24, 2.45) is 0 Å². The van der Waals surface area contributed by atoms with Gasteiger partial charge in [-0.2, -0.15) is 0 Å². The molecule has 0 aliphatic carbocycles. The third kappa shape index (κ3) is 4.80. The van der Waals surface area contributed by atoms with Gasteiger partial charge in [0.25, 0.3) is 0 Å². The van der Waals surface area contributed by atoms with Gasteiger partial charge in [0.15, 0.2) is 10.9 Å². The van der Waals surface area contributed by atoms with Crippen LogP contribution in [-0.4, -0.2) is 16.6 Å². The Morgan fingerprint density at radius 1 is 1.07 bits per heavy atom. The van der Waals surface area contributed by atoms with Crippen LogP contribution in [-0.2, 0) is 11.3 Å².